The molecule has 0 aliphatic carbocycles. The van der Waals surface area contributed by atoms with E-state index >= 15 is 0 Å². The number of fused-ring (bicyclic) bond motifs is 1. The van der Waals surface area contributed by atoms with Crippen LogP contribution in [0, 0.1) is 5.92 Å². The molecule has 0 saturated carbocycles. The van der Waals surface area contributed by atoms with Crippen LogP contribution in [0.2, 0.25) is 0 Å². The summed E-state index contributed by atoms with van der Waals surface area (Å²) in [5.74, 6) is -0.184. The molecule has 3 rings (SSSR count). The summed E-state index contributed by atoms with van der Waals surface area (Å²) in [5.41, 5.74) is 1.55. The summed E-state index contributed by atoms with van der Waals surface area (Å²) < 4.78 is 27.4. The molecule has 2 aliphatic rings. The molecule has 1 aromatic rings. The molecular weight excluding hydrogens is 312 g/mol. The molecule has 0 radical (unpaired) electrons. The van der Waals surface area contributed by atoms with E-state index in [1.165, 1.54) is 0 Å². The fraction of sp³-hybridized carbons (Fsp3) is 0.588. The Morgan fingerprint density at radius 3 is 2.39 bits per heavy atom. The highest BCUT2D eigenvalue weighted by molar-refractivity contribution is 7.89. The maximum Gasteiger partial charge on any atom is 0.243 e. The van der Waals surface area contributed by atoms with Gasteiger partial charge >= 0.3 is 0 Å². The molecule has 1 fully saturated rings. The molecule has 126 valence electrons. The summed E-state index contributed by atoms with van der Waals surface area (Å²) in [4.78, 5) is 12.4. The molecule has 0 aromatic heterocycles. The molecule has 1 aromatic carbocycles. The molecule has 1 amide bonds. The molecular formula is C17H24N2O3S. The topological polar surface area (TPSA) is 66.5 Å². The van der Waals surface area contributed by atoms with Crippen LogP contribution < -0.4 is 5.32 Å². The third-order valence-electron chi connectivity index (χ3n) is 4.77. The van der Waals surface area contributed by atoms with Crippen molar-refractivity contribution in [3.05, 3.63) is 23.8 Å². The Hall–Kier alpha value is -1.40. The predicted molar refractivity (Wildman–Crippen MR) is 89.9 cm³/mol. The van der Waals surface area contributed by atoms with Crippen molar-refractivity contribution in [1.82, 2.24) is 4.31 Å². The van der Waals surface area contributed by atoms with Crippen molar-refractivity contribution >= 4 is 21.6 Å². The number of anilines is 1. The Labute approximate surface area is 138 Å². The molecule has 5 nitrogen and oxygen atoms in total. The van der Waals surface area contributed by atoms with Gasteiger partial charge < -0.3 is 5.32 Å². The van der Waals surface area contributed by atoms with Crippen molar-refractivity contribution in [2.24, 2.45) is 5.92 Å². The SMILES string of the molecule is CC(C)[C@H]1C(=O)Nc2ccc(S(=O)(=O)N3CCCCCC3)cc21. The second-order valence-corrected chi connectivity index (χ2v) is 8.72. The van der Waals surface area contributed by atoms with Gasteiger partial charge in [-0.25, -0.2) is 8.42 Å². The van der Waals surface area contributed by atoms with Crippen LogP contribution in [0.15, 0.2) is 23.1 Å². The zero-order chi connectivity index (χ0) is 16.6. The first-order valence-corrected chi connectivity index (χ1v) is 9.80. The van der Waals surface area contributed by atoms with Crippen LogP contribution in [0.3, 0.4) is 0 Å². The zero-order valence-corrected chi connectivity index (χ0v) is 14.5. The summed E-state index contributed by atoms with van der Waals surface area (Å²) in [6.45, 7) is 5.14. The lowest BCUT2D eigenvalue weighted by molar-refractivity contribution is -0.117. The van der Waals surface area contributed by atoms with Crippen LogP contribution in [0.1, 0.15) is 51.0 Å². The molecule has 1 N–H and O–H groups in total. The Morgan fingerprint density at radius 2 is 1.78 bits per heavy atom. The maximum absolute atomic E-state index is 12.9. The van der Waals surface area contributed by atoms with Crippen LogP contribution in [0.5, 0.6) is 0 Å². The average molecular weight is 336 g/mol. The number of nitrogens with one attached hydrogen (secondary N) is 1. The summed E-state index contributed by atoms with van der Waals surface area (Å²) in [6, 6.07) is 5.03. The fourth-order valence-corrected chi connectivity index (χ4v) is 5.07. The number of amides is 1. The number of carbonyl (C=O) groups excluding carboxylic acids is 1. The van der Waals surface area contributed by atoms with E-state index in [1.54, 1.807) is 22.5 Å². The van der Waals surface area contributed by atoms with Gasteiger partial charge in [0.2, 0.25) is 15.9 Å². The predicted octanol–water partition coefficient (Wildman–Crippen LogP) is 2.94. The number of nitrogens with zero attached hydrogens (tertiary/aromatic N) is 1. The van der Waals surface area contributed by atoms with Crippen molar-refractivity contribution < 1.29 is 13.2 Å². The van der Waals surface area contributed by atoms with Gasteiger partial charge in [-0.15, -0.1) is 0 Å². The van der Waals surface area contributed by atoms with E-state index in [0.717, 1.165) is 36.9 Å². The van der Waals surface area contributed by atoms with E-state index in [0.29, 0.717) is 18.0 Å². The monoisotopic (exact) mass is 336 g/mol. The zero-order valence-electron chi connectivity index (χ0n) is 13.7. The normalized spacial score (nSPS) is 22.7. The van der Waals surface area contributed by atoms with E-state index in [9.17, 15) is 13.2 Å². The standard InChI is InChI=1S/C17H24N2O3S/c1-12(2)16-14-11-13(7-8-15(14)18-17(16)20)23(21,22)19-9-5-3-4-6-10-19/h7-8,11-12,16H,3-6,9-10H2,1-2H3,(H,18,20)/t16-/m1/s1. The summed E-state index contributed by atoms with van der Waals surface area (Å²) in [6.07, 6.45) is 4.01. The van der Waals surface area contributed by atoms with Crippen LogP contribution in [-0.4, -0.2) is 31.7 Å². The van der Waals surface area contributed by atoms with Crippen LogP contribution in [-0.2, 0) is 14.8 Å². The van der Waals surface area contributed by atoms with Gasteiger partial charge in [-0.3, -0.25) is 4.79 Å². The van der Waals surface area contributed by atoms with Gasteiger partial charge in [0.1, 0.15) is 0 Å². The minimum absolute atomic E-state index is 0.0423. The van der Waals surface area contributed by atoms with Gasteiger partial charge in [-0.2, -0.15) is 4.31 Å². The van der Waals surface area contributed by atoms with E-state index < -0.39 is 10.0 Å². The number of carbonyl (C=O) groups is 1. The van der Waals surface area contributed by atoms with Crippen molar-refractivity contribution in [2.75, 3.05) is 18.4 Å². The van der Waals surface area contributed by atoms with Gasteiger partial charge in [0.05, 0.1) is 10.8 Å². The van der Waals surface area contributed by atoms with Gasteiger partial charge in [-0.1, -0.05) is 26.7 Å². The largest absolute Gasteiger partial charge is 0.325 e. The van der Waals surface area contributed by atoms with Crippen LogP contribution in [0.25, 0.3) is 0 Å². The lowest BCUT2D eigenvalue weighted by Gasteiger charge is -2.21. The van der Waals surface area contributed by atoms with E-state index in [1.807, 2.05) is 13.8 Å². The highest BCUT2D eigenvalue weighted by Crippen LogP contribution is 2.38. The lowest BCUT2D eigenvalue weighted by Crippen LogP contribution is -2.32. The first-order valence-electron chi connectivity index (χ1n) is 8.36. The van der Waals surface area contributed by atoms with Crippen LogP contribution >= 0.6 is 0 Å². The summed E-state index contributed by atoms with van der Waals surface area (Å²) >= 11 is 0. The molecule has 2 aliphatic heterocycles. The van der Waals surface area contributed by atoms with E-state index in [-0.39, 0.29) is 17.7 Å². The van der Waals surface area contributed by atoms with E-state index in [2.05, 4.69) is 5.32 Å². The second-order valence-electron chi connectivity index (χ2n) is 6.78. The molecule has 6 heteroatoms. The van der Waals surface area contributed by atoms with Crippen molar-refractivity contribution in [2.45, 2.75) is 50.3 Å². The highest BCUT2D eigenvalue weighted by Gasteiger charge is 2.35. The quantitative estimate of drug-likeness (QED) is 0.923. The molecule has 0 bridgehead atoms. The molecule has 2 heterocycles. The third-order valence-corrected chi connectivity index (χ3v) is 6.66. The highest BCUT2D eigenvalue weighted by atomic mass is 32.2. The number of benzene rings is 1. The average Bonchev–Trinajstić information content (AvgIpc) is 2.66. The fourth-order valence-electron chi connectivity index (χ4n) is 3.52. The lowest BCUT2D eigenvalue weighted by atomic mass is 9.90. The van der Waals surface area contributed by atoms with Crippen molar-refractivity contribution in [1.29, 1.82) is 0 Å². The van der Waals surface area contributed by atoms with Crippen LogP contribution in [0.4, 0.5) is 5.69 Å². The number of hydrogen-bond donors (Lipinski definition) is 1. The second kappa shape index (κ2) is 6.24. The minimum atomic E-state index is -3.48. The van der Waals surface area contributed by atoms with Gasteiger partial charge in [0, 0.05) is 18.8 Å². The van der Waals surface area contributed by atoms with Gasteiger partial charge in [0.15, 0.2) is 0 Å². The molecule has 1 atom stereocenters. The molecule has 1 saturated heterocycles. The minimum Gasteiger partial charge on any atom is -0.325 e. The Bertz CT molecular complexity index is 705. The first kappa shape index (κ1) is 16.5. The summed E-state index contributed by atoms with van der Waals surface area (Å²) in [7, 11) is -3.48. The number of hydrogen-bond acceptors (Lipinski definition) is 3. The van der Waals surface area contributed by atoms with Crippen molar-refractivity contribution in [3.8, 4) is 0 Å². The Morgan fingerprint density at radius 1 is 1.13 bits per heavy atom. The van der Waals surface area contributed by atoms with E-state index in [4.69, 9.17) is 0 Å². The first-order chi connectivity index (χ1) is 10.9. The molecule has 23 heavy (non-hydrogen) atoms. The smallest absolute Gasteiger partial charge is 0.243 e. The number of rotatable bonds is 3. The maximum atomic E-state index is 12.9. The Kier molecular flexibility index (Phi) is 4.47. The number of sulfonamides is 1. The Balaban J connectivity index is 1.97. The van der Waals surface area contributed by atoms with Gasteiger partial charge in [0.25, 0.3) is 0 Å². The summed E-state index contributed by atoms with van der Waals surface area (Å²) in [5, 5.41) is 2.85. The molecule has 0 unspecified atom stereocenters. The third kappa shape index (κ3) is 3.02. The molecule has 0 spiro atoms. The van der Waals surface area contributed by atoms with Crippen molar-refractivity contribution in [3.63, 3.8) is 0 Å². The van der Waals surface area contributed by atoms with Gasteiger partial charge in [-0.05, 0) is 42.5 Å².